The second kappa shape index (κ2) is 2.74. The van der Waals surface area contributed by atoms with Gasteiger partial charge in [-0.25, -0.2) is 0 Å². The quantitative estimate of drug-likeness (QED) is 0.471. The van der Waals surface area contributed by atoms with Crippen molar-refractivity contribution in [2.24, 2.45) is 0 Å². The zero-order chi connectivity index (χ0) is 8.59. The van der Waals surface area contributed by atoms with E-state index in [-0.39, 0.29) is 5.78 Å². The van der Waals surface area contributed by atoms with Crippen LogP contribution in [-0.2, 0) is 0 Å². The molecule has 0 aromatic carbocycles. The Morgan fingerprint density at radius 3 is 2.27 bits per heavy atom. The standard InChI is InChI=1S/C7H11N2OP/c1-4-7(6(3)10)5(2)9(11)8-4/h11H2,1-3H3. The van der Waals surface area contributed by atoms with Gasteiger partial charge in [-0.3, -0.25) is 9.25 Å². The first kappa shape index (κ1) is 8.41. The zero-order valence-corrected chi connectivity index (χ0v) is 8.03. The van der Waals surface area contributed by atoms with Crippen LogP contribution in [0.15, 0.2) is 0 Å². The van der Waals surface area contributed by atoms with Gasteiger partial charge in [-0.2, -0.15) is 5.10 Å². The van der Waals surface area contributed by atoms with E-state index in [1.54, 1.807) is 11.4 Å². The number of rotatable bonds is 1. The Labute approximate surface area is 68.0 Å². The Hall–Kier alpha value is -0.690. The summed E-state index contributed by atoms with van der Waals surface area (Å²) in [4.78, 5) is 11.0. The molecule has 0 saturated heterocycles. The second-order valence-electron chi connectivity index (χ2n) is 2.55. The summed E-state index contributed by atoms with van der Waals surface area (Å²) in [5, 5.41) is 4.09. The highest BCUT2D eigenvalue weighted by Gasteiger charge is 2.12. The number of hydrogen-bond acceptors (Lipinski definition) is 2. The van der Waals surface area contributed by atoms with E-state index in [0.29, 0.717) is 0 Å². The van der Waals surface area contributed by atoms with Gasteiger partial charge in [-0.05, 0) is 30.2 Å². The van der Waals surface area contributed by atoms with Crippen LogP contribution in [0.25, 0.3) is 0 Å². The van der Waals surface area contributed by atoms with Crippen molar-refractivity contribution in [3.63, 3.8) is 0 Å². The Bertz CT molecular complexity index is 304. The molecule has 11 heavy (non-hydrogen) atoms. The Morgan fingerprint density at radius 1 is 1.55 bits per heavy atom. The molecule has 0 bridgehead atoms. The van der Waals surface area contributed by atoms with E-state index in [2.05, 4.69) is 14.5 Å². The van der Waals surface area contributed by atoms with Crippen molar-refractivity contribution in [2.75, 3.05) is 0 Å². The van der Waals surface area contributed by atoms with Crippen molar-refractivity contribution in [2.45, 2.75) is 20.8 Å². The Kier molecular flexibility index (Phi) is 2.10. The van der Waals surface area contributed by atoms with Crippen LogP contribution >= 0.6 is 9.39 Å². The first-order valence-corrected chi connectivity index (χ1v) is 3.88. The minimum Gasteiger partial charge on any atom is -0.294 e. The van der Waals surface area contributed by atoms with Gasteiger partial charge < -0.3 is 0 Å². The van der Waals surface area contributed by atoms with Gasteiger partial charge in [0, 0.05) is 5.69 Å². The molecule has 4 heteroatoms. The van der Waals surface area contributed by atoms with Crippen LogP contribution in [0.1, 0.15) is 28.7 Å². The molecule has 0 radical (unpaired) electrons. The second-order valence-corrected chi connectivity index (χ2v) is 3.04. The van der Waals surface area contributed by atoms with E-state index in [0.717, 1.165) is 17.0 Å². The number of nitrogens with zero attached hydrogens (tertiary/aromatic N) is 2. The molecule has 60 valence electrons. The average molecular weight is 170 g/mol. The maximum atomic E-state index is 11.0. The molecule has 1 aromatic heterocycles. The predicted octanol–water partition coefficient (Wildman–Crippen LogP) is 1.34. The van der Waals surface area contributed by atoms with Gasteiger partial charge in [0.2, 0.25) is 0 Å². The van der Waals surface area contributed by atoms with Gasteiger partial charge in [0.05, 0.1) is 11.3 Å². The average Bonchev–Trinajstić information content (AvgIpc) is 2.07. The minimum atomic E-state index is 0.0775. The minimum absolute atomic E-state index is 0.0775. The SMILES string of the molecule is CC(=O)c1c(C)nn(P)c1C. The highest BCUT2D eigenvalue weighted by Crippen LogP contribution is 2.14. The smallest absolute Gasteiger partial charge is 0.163 e. The predicted molar refractivity (Wildman–Crippen MR) is 46.8 cm³/mol. The zero-order valence-electron chi connectivity index (χ0n) is 6.88. The van der Waals surface area contributed by atoms with Gasteiger partial charge in [-0.15, -0.1) is 0 Å². The van der Waals surface area contributed by atoms with Crippen LogP contribution < -0.4 is 0 Å². The fourth-order valence-electron chi connectivity index (χ4n) is 1.17. The molecule has 1 aromatic rings. The fourth-order valence-corrected chi connectivity index (χ4v) is 1.47. The van der Waals surface area contributed by atoms with Gasteiger partial charge in [-0.1, -0.05) is 0 Å². The van der Waals surface area contributed by atoms with Crippen LogP contribution in [0.3, 0.4) is 0 Å². The van der Waals surface area contributed by atoms with Gasteiger partial charge in [0.1, 0.15) is 0 Å². The van der Waals surface area contributed by atoms with Crippen molar-refractivity contribution in [1.29, 1.82) is 0 Å². The third-order valence-electron chi connectivity index (χ3n) is 1.68. The summed E-state index contributed by atoms with van der Waals surface area (Å²) in [7, 11) is 2.44. The van der Waals surface area contributed by atoms with Crippen molar-refractivity contribution < 1.29 is 4.79 Å². The highest BCUT2D eigenvalue weighted by molar-refractivity contribution is 7.14. The van der Waals surface area contributed by atoms with E-state index >= 15 is 0 Å². The maximum Gasteiger partial charge on any atom is 0.163 e. The molecular weight excluding hydrogens is 159 g/mol. The fraction of sp³-hybridized carbons (Fsp3) is 0.429. The van der Waals surface area contributed by atoms with Crippen LogP contribution in [0.5, 0.6) is 0 Å². The Morgan fingerprint density at radius 2 is 2.09 bits per heavy atom. The summed E-state index contributed by atoms with van der Waals surface area (Å²) in [6.07, 6.45) is 0. The van der Waals surface area contributed by atoms with Gasteiger partial charge in [0.15, 0.2) is 5.78 Å². The van der Waals surface area contributed by atoms with Crippen molar-refractivity contribution in [3.8, 4) is 0 Å². The molecule has 0 aliphatic heterocycles. The summed E-state index contributed by atoms with van der Waals surface area (Å²) in [6, 6.07) is 0. The van der Waals surface area contributed by atoms with E-state index in [4.69, 9.17) is 0 Å². The van der Waals surface area contributed by atoms with Gasteiger partial charge >= 0.3 is 0 Å². The van der Waals surface area contributed by atoms with E-state index in [1.165, 1.54) is 0 Å². The third kappa shape index (κ3) is 1.33. The summed E-state index contributed by atoms with van der Waals surface area (Å²) in [6.45, 7) is 5.27. The molecular formula is C7H11N2OP. The van der Waals surface area contributed by atoms with E-state index < -0.39 is 0 Å². The molecule has 0 amide bonds. The summed E-state index contributed by atoms with van der Waals surface area (Å²) in [5.74, 6) is 0.0775. The lowest BCUT2D eigenvalue weighted by molar-refractivity contribution is 0.101. The number of ketones is 1. The molecule has 0 aliphatic carbocycles. The first-order chi connectivity index (χ1) is 5.04. The van der Waals surface area contributed by atoms with Crippen molar-refractivity contribution >= 4 is 15.2 Å². The number of aryl methyl sites for hydroxylation is 1. The summed E-state index contributed by atoms with van der Waals surface area (Å²) >= 11 is 0. The van der Waals surface area contributed by atoms with Gasteiger partial charge in [0.25, 0.3) is 0 Å². The molecule has 0 N–H and O–H groups in total. The topological polar surface area (TPSA) is 34.9 Å². The molecule has 0 aliphatic rings. The van der Waals surface area contributed by atoms with Crippen molar-refractivity contribution in [1.82, 2.24) is 9.55 Å². The Balaban J connectivity index is 3.34. The number of carbonyl (C=O) groups excluding carboxylic acids is 1. The van der Waals surface area contributed by atoms with Crippen LogP contribution in [0.2, 0.25) is 0 Å². The number of hydrogen-bond donors (Lipinski definition) is 0. The molecule has 1 rings (SSSR count). The monoisotopic (exact) mass is 170 g/mol. The van der Waals surface area contributed by atoms with E-state index in [1.807, 2.05) is 13.8 Å². The molecule has 1 atom stereocenters. The number of Topliss-reactive ketones (excluding diaryl/α,β-unsaturated/α-hetero) is 1. The van der Waals surface area contributed by atoms with Crippen LogP contribution in [-0.4, -0.2) is 15.3 Å². The number of aromatic nitrogens is 2. The molecule has 3 nitrogen and oxygen atoms in total. The van der Waals surface area contributed by atoms with Crippen molar-refractivity contribution in [3.05, 3.63) is 17.0 Å². The first-order valence-electron chi connectivity index (χ1n) is 3.36. The molecule has 0 fully saturated rings. The maximum absolute atomic E-state index is 11.0. The lowest BCUT2D eigenvalue weighted by Gasteiger charge is -1.93. The largest absolute Gasteiger partial charge is 0.294 e. The summed E-state index contributed by atoms with van der Waals surface area (Å²) in [5.41, 5.74) is 2.44. The molecule has 1 unspecified atom stereocenters. The third-order valence-corrected chi connectivity index (χ3v) is 2.18. The summed E-state index contributed by atoms with van der Waals surface area (Å²) < 4.78 is 1.64. The van der Waals surface area contributed by atoms with Crippen LogP contribution in [0.4, 0.5) is 0 Å². The molecule has 0 saturated carbocycles. The molecule has 1 heterocycles. The van der Waals surface area contributed by atoms with E-state index in [9.17, 15) is 4.79 Å². The number of carbonyl (C=O) groups is 1. The lowest BCUT2D eigenvalue weighted by atomic mass is 10.1. The lowest BCUT2D eigenvalue weighted by Crippen LogP contribution is -1.95. The molecule has 0 spiro atoms. The van der Waals surface area contributed by atoms with Crippen LogP contribution in [0, 0.1) is 13.8 Å². The normalized spacial score (nSPS) is 10.2. The highest BCUT2D eigenvalue weighted by atomic mass is 31.0.